The summed E-state index contributed by atoms with van der Waals surface area (Å²) in [4.78, 5) is 12.4. The van der Waals surface area contributed by atoms with Crippen molar-refractivity contribution in [1.82, 2.24) is 0 Å². The SMILES string of the molecule is CCc1ccc(C(=O)c2ccc3c(c2)COC3)cc1. The molecule has 0 saturated carbocycles. The lowest BCUT2D eigenvalue weighted by Gasteiger charge is -2.04. The molecule has 0 radical (unpaired) electrons. The zero-order valence-corrected chi connectivity index (χ0v) is 11.0. The number of fused-ring (bicyclic) bond motifs is 1. The van der Waals surface area contributed by atoms with Crippen molar-refractivity contribution in [3.05, 3.63) is 70.3 Å². The third-order valence-corrected chi connectivity index (χ3v) is 3.61. The minimum absolute atomic E-state index is 0.0809. The molecule has 1 heterocycles. The molecule has 2 aromatic carbocycles. The fourth-order valence-electron chi connectivity index (χ4n) is 2.37. The van der Waals surface area contributed by atoms with Crippen LogP contribution in [0, 0.1) is 0 Å². The average Bonchev–Trinajstić information content (AvgIpc) is 2.94. The first kappa shape index (κ1) is 12.1. The summed E-state index contributed by atoms with van der Waals surface area (Å²) in [5, 5.41) is 0. The number of carbonyl (C=O) groups is 1. The van der Waals surface area contributed by atoms with Crippen LogP contribution in [0.4, 0.5) is 0 Å². The fraction of sp³-hybridized carbons (Fsp3) is 0.235. The molecule has 19 heavy (non-hydrogen) atoms. The Balaban J connectivity index is 1.90. The molecule has 0 unspecified atom stereocenters. The number of ether oxygens (including phenoxy) is 1. The predicted molar refractivity (Wildman–Crippen MR) is 74.2 cm³/mol. The van der Waals surface area contributed by atoms with Gasteiger partial charge in [-0.1, -0.05) is 43.3 Å². The number of hydrogen-bond acceptors (Lipinski definition) is 2. The maximum Gasteiger partial charge on any atom is 0.193 e. The molecule has 2 nitrogen and oxygen atoms in total. The van der Waals surface area contributed by atoms with E-state index in [0.717, 1.165) is 23.1 Å². The van der Waals surface area contributed by atoms with Gasteiger partial charge in [0.1, 0.15) is 0 Å². The van der Waals surface area contributed by atoms with Gasteiger partial charge in [0.25, 0.3) is 0 Å². The Morgan fingerprint density at radius 2 is 1.68 bits per heavy atom. The molecule has 0 N–H and O–H groups in total. The number of aryl methyl sites for hydroxylation is 1. The van der Waals surface area contributed by atoms with Gasteiger partial charge in [0.15, 0.2) is 5.78 Å². The molecule has 0 spiro atoms. The number of benzene rings is 2. The van der Waals surface area contributed by atoms with Gasteiger partial charge in [0.2, 0.25) is 0 Å². The largest absolute Gasteiger partial charge is 0.372 e. The normalized spacial score (nSPS) is 13.3. The van der Waals surface area contributed by atoms with E-state index in [1.807, 2.05) is 42.5 Å². The summed E-state index contributed by atoms with van der Waals surface area (Å²) in [6, 6.07) is 13.7. The van der Waals surface area contributed by atoms with E-state index < -0.39 is 0 Å². The molecule has 0 saturated heterocycles. The molecule has 0 aliphatic carbocycles. The topological polar surface area (TPSA) is 26.3 Å². The number of rotatable bonds is 3. The fourth-order valence-corrected chi connectivity index (χ4v) is 2.37. The highest BCUT2D eigenvalue weighted by molar-refractivity contribution is 6.09. The van der Waals surface area contributed by atoms with Crippen molar-refractivity contribution in [3.63, 3.8) is 0 Å². The number of hydrogen-bond donors (Lipinski definition) is 0. The summed E-state index contributed by atoms with van der Waals surface area (Å²) in [5.41, 5.74) is 5.07. The molecule has 2 heteroatoms. The van der Waals surface area contributed by atoms with Gasteiger partial charge in [-0.2, -0.15) is 0 Å². The van der Waals surface area contributed by atoms with Crippen LogP contribution in [0.1, 0.15) is 39.5 Å². The summed E-state index contributed by atoms with van der Waals surface area (Å²) in [7, 11) is 0. The quantitative estimate of drug-likeness (QED) is 0.781. The molecule has 0 atom stereocenters. The van der Waals surface area contributed by atoms with Crippen LogP contribution in [-0.2, 0) is 24.4 Å². The molecule has 0 aromatic heterocycles. The van der Waals surface area contributed by atoms with E-state index in [1.165, 1.54) is 11.1 Å². The van der Waals surface area contributed by atoms with Crippen molar-refractivity contribution in [3.8, 4) is 0 Å². The highest BCUT2D eigenvalue weighted by Gasteiger charge is 2.15. The lowest BCUT2D eigenvalue weighted by molar-refractivity contribution is 0.103. The number of ketones is 1. The lowest BCUT2D eigenvalue weighted by atomic mass is 9.98. The zero-order chi connectivity index (χ0) is 13.2. The molecule has 0 amide bonds. The molecule has 2 aromatic rings. The van der Waals surface area contributed by atoms with Crippen LogP contribution < -0.4 is 0 Å². The Bertz CT molecular complexity index is 612. The summed E-state index contributed by atoms with van der Waals surface area (Å²) in [6.45, 7) is 3.39. The van der Waals surface area contributed by atoms with Crippen LogP contribution >= 0.6 is 0 Å². The Kier molecular flexibility index (Phi) is 3.18. The van der Waals surface area contributed by atoms with E-state index in [1.54, 1.807) is 0 Å². The van der Waals surface area contributed by atoms with E-state index in [-0.39, 0.29) is 5.78 Å². The van der Waals surface area contributed by atoms with Gasteiger partial charge in [0, 0.05) is 11.1 Å². The van der Waals surface area contributed by atoms with Gasteiger partial charge in [-0.15, -0.1) is 0 Å². The molecular formula is C17H16O2. The van der Waals surface area contributed by atoms with Crippen LogP contribution in [-0.4, -0.2) is 5.78 Å². The maximum absolute atomic E-state index is 12.4. The van der Waals surface area contributed by atoms with Crippen molar-refractivity contribution >= 4 is 5.78 Å². The van der Waals surface area contributed by atoms with Crippen LogP contribution in [0.3, 0.4) is 0 Å². The van der Waals surface area contributed by atoms with Crippen LogP contribution in [0.5, 0.6) is 0 Å². The van der Waals surface area contributed by atoms with Crippen molar-refractivity contribution in [2.45, 2.75) is 26.6 Å². The molecule has 96 valence electrons. The smallest absolute Gasteiger partial charge is 0.193 e. The van der Waals surface area contributed by atoms with Gasteiger partial charge in [-0.25, -0.2) is 0 Å². The first-order valence-corrected chi connectivity index (χ1v) is 6.61. The number of carbonyl (C=O) groups excluding carboxylic acids is 1. The second-order valence-corrected chi connectivity index (χ2v) is 4.86. The summed E-state index contributed by atoms with van der Waals surface area (Å²) in [5.74, 6) is 0.0809. The Hall–Kier alpha value is -1.93. The van der Waals surface area contributed by atoms with Gasteiger partial charge in [-0.05, 0) is 29.2 Å². The van der Waals surface area contributed by atoms with E-state index >= 15 is 0 Å². The van der Waals surface area contributed by atoms with Crippen LogP contribution in [0.15, 0.2) is 42.5 Å². The minimum atomic E-state index is 0.0809. The van der Waals surface area contributed by atoms with Gasteiger partial charge < -0.3 is 4.74 Å². The summed E-state index contributed by atoms with van der Waals surface area (Å²) < 4.78 is 5.37. The van der Waals surface area contributed by atoms with E-state index in [9.17, 15) is 4.79 Å². The van der Waals surface area contributed by atoms with E-state index in [2.05, 4.69) is 6.92 Å². The first-order chi connectivity index (χ1) is 9.28. The highest BCUT2D eigenvalue weighted by atomic mass is 16.5. The monoisotopic (exact) mass is 252 g/mol. The molecular weight excluding hydrogens is 236 g/mol. The van der Waals surface area contributed by atoms with E-state index in [4.69, 9.17) is 4.74 Å². The Morgan fingerprint density at radius 1 is 1.00 bits per heavy atom. The van der Waals surface area contributed by atoms with Gasteiger partial charge in [0.05, 0.1) is 13.2 Å². The Labute approximate surface area is 113 Å². The first-order valence-electron chi connectivity index (χ1n) is 6.61. The second kappa shape index (κ2) is 4.98. The standard InChI is InChI=1S/C17H16O2/c1-2-12-3-5-13(6-4-12)17(18)14-7-8-15-10-19-11-16(15)9-14/h3-9H,2,10-11H2,1H3. The molecule has 1 aliphatic rings. The van der Waals surface area contributed by atoms with Gasteiger partial charge in [-0.3, -0.25) is 4.79 Å². The van der Waals surface area contributed by atoms with Gasteiger partial charge >= 0.3 is 0 Å². The van der Waals surface area contributed by atoms with Crippen LogP contribution in [0.25, 0.3) is 0 Å². The Morgan fingerprint density at radius 3 is 2.42 bits per heavy atom. The van der Waals surface area contributed by atoms with Crippen molar-refractivity contribution in [2.75, 3.05) is 0 Å². The zero-order valence-electron chi connectivity index (χ0n) is 11.0. The predicted octanol–water partition coefficient (Wildman–Crippen LogP) is 3.51. The second-order valence-electron chi connectivity index (χ2n) is 4.86. The average molecular weight is 252 g/mol. The van der Waals surface area contributed by atoms with Crippen molar-refractivity contribution in [2.24, 2.45) is 0 Å². The van der Waals surface area contributed by atoms with Crippen molar-refractivity contribution in [1.29, 1.82) is 0 Å². The van der Waals surface area contributed by atoms with Crippen LogP contribution in [0.2, 0.25) is 0 Å². The molecule has 3 rings (SSSR count). The maximum atomic E-state index is 12.4. The third-order valence-electron chi connectivity index (χ3n) is 3.61. The summed E-state index contributed by atoms with van der Waals surface area (Å²) >= 11 is 0. The van der Waals surface area contributed by atoms with E-state index in [0.29, 0.717) is 13.2 Å². The minimum Gasteiger partial charge on any atom is -0.372 e. The highest BCUT2D eigenvalue weighted by Crippen LogP contribution is 2.22. The van der Waals surface area contributed by atoms with Crippen molar-refractivity contribution < 1.29 is 9.53 Å². The lowest BCUT2D eigenvalue weighted by Crippen LogP contribution is -2.02. The summed E-state index contributed by atoms with van der Waals surface area (Å²) in [6.07, 6.45) is 0.991. The molecule has 0 bridgehead atoms. The molecule has 1 aliphatic heterocycles. The third kappa shape index (κ3) is 2.32. The molecule has 0 fully saturated rings.